The van der Waals surface area contributed by atoms with E-state index in [1.54, 1.807) is 6.07 Å². The lowest BCUT2D eigenvalue weighted by Crippen LogP contribution is -2.52. The number of sulfonamides is 1. The number of benzene rings is 3. The van der Waals surface area contributed by atoms with E-state index in [1.165, 1.54) is 38.3 Å². The van der Waals surface area contributed by atoms with Gasteiger partial charge in [0.25, 0.3) is 0 Å². The first kappa shape index (κ1) is 28.5. The second-order valence-corrected chi connectivity index (χ2v) is 10.5. The summed E-state index contributed by atoms with van der Waals surface area (Å²) >= 11 is 0. The Kier molecular flexibility index (Phi) is 9.72. The summed E-state index contributed by atoms with van der Waals surface area (Å²) in [5.41, 5.74) is 1.91. The number of hydrogen-bond donors (Lipinski definition) is 1. The van der Waals surface area contributed by atoms with E-state index in [0.29, 0.717) is 11.5 Å². The number of anilines is 1. The number of nitrogens with zero attached hydrogens (tertiary/aromatic N) is 2. The Morgan fingerprint density at radius 1 is 0.868 bits per heavy atom. The number of carbonyl (C=O) groups is 2. The van der Waals surface area contributed by atoms with Gasteiger partial charge in [0, 0.05) is 26.1 Å². The molecule has 0 spiro atoms. The van der Waals surface area contributed by atoms with Gasteiger partial charge in [-0.1, -0.05) is 60.7 Å². The highest BCUT2D eigenvalue weighted by molar-refractivity contribution is 7.92. The van der Waals surface area contributed by atoms with Crippen molar-refractivity contribution < 1.29 is 27.5 Å². The zero-order chi connectivity index (χ0) is 27.7. The van der Waals surface area contributed by atoms with E-state index in [2.05, 4.69) is 5.32 Å². The van der Waals surface area contributed by atoms with E-state index in [9.17, 15) is 18.0 Å². The third kappa shape index (κ3) is 7.25. The van der Waals surface area contributed by atoms with Crippen molar-refractivity contribution in [1.29, 1.82) is 0 Å². The zero-order valence-electron chi connectivity index (χ0n) is 22.0. The maximum Gasteiger partial charge on any atom is 0.244 e. The fourth-order valence-electron chi connectivity index (χ4n) is 4.09. The topological polar surface area (TPSA) is 105 Å². The standard InChI is InChI=1S/C28H33N3O6S/c1-29-28(33)24(17-21-11-7-5-8-12-21)30(19-22-13-9-6-10-14-22)27(32)20-31(38(4,34)35)23-15-16-25(36-2)26(18-23)37-3/h5-16,18,24H,17,19-20H2,1-4H3,(H,29,33). The van der Waals surface area contributed by atoms with Gasteiger partial charge in [-0.25, -0.2) is 8.42 Å². The predicted octanol–water partition coefficient (Wildman–Crippen LogP) is 2.86. The number of ether oxygens (including phenoxy) is 2. The van der Waals surface area contributed by atoms with Crippen molar-refractivity contribution in [3.8, 4) is 11.5 Å². The average Bonchev–Trinajstić information content (AvgIpc) is 2.93. The van der Waals surface area contributed by atoms with Gasteiger partial charge in [0.05, 0.1) is 26.2 Å². The second kappa shape index (κ2) is 13.0. The summed E-state index contributed by atoms with van der Waals surface area (Å²) in [5, 5.41) is 2.65. The molecule has 10 heteroatoms. The van der Waals surface area contributed by atoms with Crippen molar-refractivity contribution in [3.63, 3.8) is 0 Å². The number of rotatable bonds is 12. The molecule has 1 atom stereocenters. The maximum absolute atomic E-state index is 13.9. The number of carbonyl (C=O) groups excluding carboxylic acids is 2. The number of likely N-dealkylation sites (N-methyl/N-ethyl adjacent to an activating group) is 1. The lowest BCUT2D eigenvalue weighted by Gasteiger charge is -2.33. The van der Waals surface area contributed by atoms with Crippen LogP contribution in [0.2, 0.25) is 0 Å². The average molecular weight is 540 g/mol. The molecule has 0 aromatic heterocycles. The monoisotopic (exact) mass is 539 g/mol. The van der Waals surface area contributed by atoms with Gasteiger partial charge in [-0.2, -0.15) is 0 Å². The van der Waals surface area contributed by atoms with Crippen LogP contribution >= 0.6 is 0 Å². The van der Waals surface area contributed by atoms with Gasteiger partial charge >= 0.3 is 0 Å². The minimum absolute atomic E-state index is 0.119. The van der Waals surface area contributed by atoms with E-state index in [0.717, 1.165) is 21.7 Å². The van der Waals surface area contributed by atoms with E-state index in [-0.39, 0.29) is 24.6 Å². The molecule has 0 aliphatic carbocycles. The van der Waals surface area contributed by atoms with Crippen molar-refractivity contribution in [2.45, 2.75) is 19.0 Å². The molecule has 3 rings (SSSR count). The molecule has 0 saturated heterocycles. The molecule has 1 N–H and O–H groups in total. The van der Waals surface area contributed by atoms with Crippen LogP contribution in [0.4, 0.5) is 5.69 Å². The lowest BCUT2D eigenvalue weighted by atomic mass is 10.0. The van der Waals surface area contributed by atoms with Crippen LogP contribution in [0, 0.1) is 0 Å². The first-order valence-electron chi connectivity index (χ1n) is 12.0. The van der Waals surface area contributed by atoms with Crippen LogP contribution in [0.1, 0.15) is 11.1 Å². The van der Waals surface area contributed by atoms with E-state index in [4.69, 9.17) is 9.47 Å². The summed E-state index contributed by atoms with van der Waals surface area (Å²) in [5.74, 6) is -0.141. The zero-order valence-corrected chi connectivity index (χ0v) is 22.8. The molecule has 3 aromatic carbocycles. The molecule has 0 aliphatic rings. The fourth-order valence-corrected chi connectivity index (χ4v) is 4.94. The summed E-state index contributed by atoms with van der Waals surface area (Å²) < 4.78 is 37.3. The minimum Gasteiger partial charge on any atom is -0.493 e. The van der Waals surface area contributed by atoms with Crippen molar-refractivity contribution >= 4 is 27.5 Å². The Morgan fingerprint density at radius 3 is 1.97 bits per heavy atom. The van der Waals surface area contributed by atoms with E-state index >= 15 is 0 Å². The molecule has 0 radical (unpaired) electrons. The number of amides is 2. The normalized spacial score (nSPS) is 11.8. The van der Waals surface area contributed by atoms with Gasteiger partial charge in [-0.3, -0.25) is 13.9 Å². The molecule has 0 saturated carbocycles. The van der Waals surface area contributed by atoms with Gasteiger partial charge in [-0.15, -0.1) is 0 Å². The Bertz CT molecular complexity index is 1330. The minimum atomic E-state index is -3.89. The van der Waals surface area contributed by atoms with Gasteiger partial charge in [0.15, 0.2) is 11.5 Å². The summed E-state index contributed by atoms with van der Waals surface area (Å²) in [7, 11) is 0.542. The molecule has 3 aromatic rings. The lowest BCUT2D eigenvalue weighted by molar-refractivity contribution is -0.139. The number of methoxy groups -OCH3 is 2. The van der Waals surface area contributed by atoms with Crippen LogP contribution in [0.5, 0.6) is 11.5 Å². The maximum atomic E-state index is 13.9. The molecule has 38 heavy (non-hydrogen) atoms. The smallest absolute Gasteiger partial charge is 0.244 e. The fraction of sp³-hybridized carbons (Fsp3) is 0.286. The molecule has 0 heterocycles. The van der Waals surface area contributed by atoms with E-state index < -0.39 is 28.5 Å². The first-order valence-corrected chi connectivity index (χ1v) is 13.8. The number of hydrogen-bond acceptors (Lipinski definition) is 6. The largest absolute Gasteiger partial charge is 0.493 e. The predicted molar refractivity (Wildman–Crippen MR) is 147 cm³/mol. The number of nitrogens with one attached hydrogen (secondary N) is 1. The third-order valence-corrected chi connectivity index (χ3v) is 7.19. The highest BCUT2D eigenvalue weighted by Gasteiger charge is 2.32. The molecule has 0 aliphatic heterocycles. The van der Waals surface area contributed by atoms with Crippen molar-refractivity contribution in [2.24, 2.45) is 0 Å². The van der Waals surface area contributed by atoms with Crippen LogP contribution in [0.25, 0.3) is 0 Å². The second-order valence-electron chi connectivity index (χ2n) is 8.64. The first-order chi connectivity index (χ1) is 18.2. The van der Waals surface area contributed by atoms with Gasteiger partial charge in [-0.05, 0) is 23.3 Å². The Labute approximate surface area is 224 Å². The molecule has 2 amide bonds. The van der Waals surface area contributed by atoms with Crippen LogP contribution in [0.15, 0.2) is 78.9 Å². The SMILES string of the molecule is CNC(=O)C(Cc1ccccc1)N(Cc1ccccc1)C(=O)CN(c1ccc(OC)c(OC)c1)S(C)(=O)=O. The van der Waals surface area contributed by atoms with Crippen molar-refractivity contribution in [3.05, 3.63) is 90.0 Å². The van der Waals surface area contributed by atoms with Crippen LogP contribution < -0.4 is 19.1 Å². The van der Waals surface area contributed by atoms with Crippen LogP contribution in [0.3, 0.4) is 0 Å². The summed E-state index contributed by atoms with van der Waals surface area (Å²) in [6, 6.07) is 22.4. The van der Waals surface area contributed by atoms with Crippen LogP contribution in [-0.4, -0.2) is 65.2 Å². The molecular weight excluding hydrogens is 506 g/mol. The van der Waals surface area contributed by atoms with Crippen molar-refractivity contribution in [1.82, 2.24) is 10.2 Å². The highest BCUT2D eigenvalue weighted by Crippen LogP contribution is 2.32. The summed E-state index contributed by atoms with van der Waals surface area (Å²) in [4.78, 5) is 28.4. The van der Waals surface area contributed by atoms with Gasteiger partial charge in [0.1, 0.15) is 12.6 Å². The molecule has 1 unspecified atom stereocenters. The highest BCUT2D eigenvalue weighted by atomic mass is 32.2. The Morgan fingerprint density at radius 2 is 1.45 bits per heavy atom. The Hall–Kier alpha value is -4.05. The van der Waals surface area contributed by atoms with E-state index in [1.807, 2.05) is 60.7 Å². The Balaban J connectivity index is 2.03. The molecule has 202 valence electrons. The quantitative estimate of drug-likeness (QED) is 0.380. The molecule has 0 fully saturated rings. The summed E-state index contributed by atoms with van der Waals surface area (Å²) in [6.07, 6.45) is 1.28. The van der Waals surface area contributed by atoms with Crippen LogP contribution in [-0.2, 0) is 32.6 Å². The van der Waals surface area contributed by atoms with Crippen molar-refractivity contribution in [2.75, 3.05) is 38.4 Å². The van der Waals surface area contributed by atoms with Gasteiger partial charge < -0.3 is 19.7 Å². The molecular formula is C28H33N3O6S. The summed E-state index contributed by atoms with van der Waals surface area (Å²) in [6.45, 7) is -0.391. The van der Waals surface area contributed by atoms with Gasteiger partial charge in [0.2, 0.25) is 21.8 Å². The molecule has 9 nitrogen and oxygen atoms in total. The molecule has 0 bridgehead atoms. The third-order valence-electron chi connectivity index (χ3n) is 6.05.